The van der Waals surface area contributed by atoms with Crippen LogP contribution in [0.25, 0.3) is 66.8 Å². The standard InChI is InChI=1S/C68H74O10/c1-5-7-9-11-29-69-61-43-60(64-57(49-17-25-53(26-18-49)67-75-35-36-76-67)41-46(4)42-58(64)50-19-27-54(28-20-50)68-77-37-38-78-68)62(70-30-12-10-8-6-2)44-59(61)63-55(47-13-21-51(22-14-47)65-71-31-32-72-65)39-45(3)40-56(63)48-15-23-52(24-16-48)66-73-33-34-74-66/h13-28,39-44,65-68H,5-12,29-38H2,1-4H3. The monoisotopic (exact) mass is 1050 g/mol. The number of hydrogen-bond donors (Lipinski definition) is 0. The van der Waals surface area contributed by atoms with Crippen LogP contribution < -0.4 is 9.47 Å². The second-order valence-electron chi connectivity index (χ2n) is 20.9. The van der Waals surface area contributed by atoms with Gasteiger partial charge in [0, 0.05) is 44.5 Å². The maximum atomic E-state index is 7.28. The van der Waals surface area contributed by atoms with Gasteiger partial charge in [-0.25, -0.2) is 0 Å². The molecule has 10 heteroatoms. The first-order valence-corrected chi connectivity index (χ1v) is 28.5. The maximum Gasteiger partial charge on any atom is 0.184 e. The molecule has 0 bridgehead atoms. The lowest BCUT2D eigenvalue weighted by Crippen LogP contribution is -2.05. The van der Waals surface area contributed by atoms with Crippen LogP contribution in [-0.2, 0) is 37.9 Å². The van der Waals surface area contributed by atoms with Gasteiger partial charge >= 0.3 is 0 Å². The highest BCUT2D eigenvalue weighted by molar-refractivity contribution is 6.02. The van der Waals surface area contributed by atoms with E-state index in [4.69, 9.17) is 47.4 Å². The molecule has 11 rings (SSSR count). The summed E-state index contributed by atoms with van der Waals surface area (Å²) in [5.41, 5.74) is 18.8. The molecule has 406 valence electrons. The van der Waals surface area contributed by atoms with Gasteiger partial charge in [-0.15, -0.1) is 0 Å². The van der Waals surface area contributed by atoms with E-state index in [2.05, 4.69) is 161 Å². The van der Waals surface area contributed by atoms with Gasteiger partial charge in [0.15, 0.2) is 25.2 Å². The van der Waals surface area contributed by atoms with Crippen LogP contribution >= 0.6 is 0 Å². The highest BCUT2D eigenvalue weighted by atomic mass is 16.7. The molecule has 4 aliphatic rings. The van der Waals surface area contributed by atoms with E-state index in [0.29, 0.717) is 66.1 Å². The third-order valence-corrected chi connectivity index (χ3v) is 15.2. The van der Waals surface area contributed by atoms with E-state index in [9.17, 15) is 0 Å². The Balaban J connectivity index is 1.15. The van der Waals surface area contributed by atoms with Crippen LogP contribution in [0.5, 0.6) is 11.5 Å². The second-order valence-corrected chi connectivity index (χ2v) is 20.9. The number of benzene rings is 7. The molecule has 0 saturated carbocycles. The average Bonchev–Trinajstić information content (AvgIpc) is 4.49. The summed E-state index contributed by atoms with van der Waals surface area (Å²) in [5, 5.41) is 0. The van der Waals surface area contributed by atoms with Crippen molar-refractivity contribution in [3.05, 3.63) is 167 Å². The molecular formula is C68H74O10. The molecule has 10 nitrogen and oxygen atoms in total. The largest absolute Gasteiger partial charge is 0.493 e. The van der Waals surface area contributed by atoms with Crippen LogP contribution in [0.1, 0.15) is 124 Å². The zero-order valence-corrected chi connectivity index (χ0v) is 45.8. The fourth-order valence-electron chi connectivity index (χ4n) is 11.2. The zero-order chi connectivity index (χ0) is 53.2. The molecule has 4 saturated heterocycles. The number of hydrogen-bond acceptors (Lipinski definition) is 10. The predicted octanol–water partition coefficient (Wildman–Crippen LogP) is 16.4. The highest BCUT2D eigenvalue weighted by Gasteiger charge is 2.28. The first-order valence-electron chi connectivity index (χ1n) is 28.5. The van der Waals surface area contributed by atoms with Gasteiger partial charge in [0.2, 0.25) is 0 Å². The van der Waals surface area contributed by atoms with Gasteiger partial charge < -0.3 is 47.4 Å². The van der Waals surface area contributed by atoms with Gasteiger partial charge in [0.25, 0.3) is 0 Å². The lowest BCUT2D eigenvalue weighted by atomic mass is 9.82. The van der Waals surface area contributed by atoms with Gasteiger partial charge in [-0.3, -0.25) is 0 Å². The molecule has 0 aliphatic carbocycles. The van der Waals surface area contributed by atoms with Gasteiger partial charge in [0.1, 0.15) is 11.5 Å². The van der Waals surface area contributed by atoms with Crippen molar-refractivity contribution in [3.63, 3.8) is 0 Å². The van der Waals surface area contributed by atoms with Crippen molar-refractivity contribution < 1.29 is 47.4 Å². The summed E-state index contributed by atoms with van der Waals surface area (Å²) in [6, 6.07) is 48.4. The topological polar surface area (TPSA) is 92.3 Å². The third kappa shape index (κ3) is 12.3. The Morgan fingerprint density at radius 2 is 0.577 bits per heavy atom. The molecule has 0 radical (unpaired) electrons. The molecule has 0 N–H and O–H groups in total. The normalized spacial score (nSPS) is 16.5. The molecular weight excluding hydrogens is 977 g/mol. The molecule has 0 amide bonds. The van der Waals surface area contributed by atoms with Crippen molar-refractivity contribution in [2.75, 3.05) is 66.1 Å². The second kappa shape index (κ2) is 25.7. The van der Waals surface area contributed by atoms with Crippen LogP contribution in [0.3, 0.4) is 0 Å². The van der Waals surface area contributed by atoms with E-state index in [1.807, 2.05) is 0 Å². The van der Waals surface area contributed by atoms with E-state index in [0.717, 1.165) is 163 Å². The molecule has 0 aromatic heterocycles. The van der Waals surface area contributed by atoms with E-state index in [1.165, 1.54) is 0 Å². The van der Waals surface area contributed by atoms with E-state index >= 15 is 0 Å². The molecule has 4 aliphatic heterocycles. The quantitative estimate of drug-likeness (QED) is 0.0611. The first kappa shape index (κ1) is 53.8. The van der Waals surface area contributed by atoms with Crippen molar-refractivity contribution in [1.29, 1.82) is 0 Å². The zero-order valence-electron chi connectivity index (χ0n) is 45.8. The van der Waals surface area contributed by atoms with Gasteiger partial charge in [-0.1, -0.05) is 174 Å². The molecule has 78 heavy (non-hydrogen) atoms. The van der Waals surface area contributed by atoms with Crippen LogP contribution in [0, 0.1) is 13.8 Å². The number of aryl methyl sites for hydroxylation is 2. The average molecular weight is 1050 g/mol. The Kier molecular flexibility index (Phi) is 17.8. The van der Waals surface area contributed by atoms with Gasteiger partial charge in [-0.2, -0.15) is 0 Å². The minimum Gasteiger partial charge on any atom is -0.493 e. The lowest BCUT2D eigenvalue weighted by Gasteiger charge is -2.25. The predicted molar refractivity (Wildman–Crippen MR) is 306 cm³/mol. The Bertz CT molecular complexity index is 2700. The van der Waals surface area contributed by atoms with E-state index in [1.54, 1.807) is 0 Å². The maximum absolute atomic E-state index is 7.28. The van der Waals surface area contributed by atoms with Crippen molar-refractivity contribution in [1.82, 2.24) is 0 Å². The molecule has 0 unspecified atom stereocenters. The van der Waals surface area contributed by atoms with E-state index < -0.39 is 0 Å². The Morgan fingerprint density at radius 1 is 0.321 bits per heavy atom. The molecule has 7 aromatic carbocycles. The summed E-state index contributed by atoms with van der Waals surface area (Å²) in [6.07, 6.45) is 7.03. The highest BCUT2D eigenvalue weighted by Crippen LogP contribution is 2.52. The summed E-state index contributed by atoms with van der Waals surface area (Å²) < 4.78 is 62.2. The Hall–Kier alpha value is -6.18. The Labute approximate surface area is 460 Å². The lowest BCUT2D eigenvalue weighted by molar-refractivity contribution is -0.0443. The fraction of sp³-hybridized carbons (Fsp3) is 0.382. The number of ether oxygens (including phenoxy) is 10. The van der Waals surface area contributed by atoms with Crippen LogP contribution in [-0.4, -0.2) is 66.1 Å². The van der Waals surface area contributed by atoms with Crippen molar-refractivity contribution >= 4 is 0 Å². The summed E-state index contributed by atoms with van der Waals surface area (Å²) in [5.74, 6) is 1.57. The van der Waals surface area contributed by atoms with Gasteiger partial charge in [0.05, 0.1) is 66.1 Å². The summed E-state index contributed by atoms with van der Waals surface area (Å²) in [4.78, 5) is 0. The summed E-state index contributed by atoms with van der Waals surface area (Å²) in [7, 11) is 0. The van der Waals surface area contributed by atoms with Crippen molar-refractivity contribution in [2.45, 2.75) is 104 Å². The summed E-state index contributed by atoms with van der Waals surface area (Å²) >= 11 is 0. The molecule has 7 aromatic rings. The molecule has 0 atom stereocenters. The SMILES string of the molecule is CCCCCCOc1cc(-c2c(-c3ccc(C4OCCO4)cc3)cc(C)cc2-c2ccc(C3OCCO3)cc2)c(OCCCCCC)cc1-c1c(-c2ccc(C3OCCO3)cc2)cc(C)cc1-c1ccc(C2OCCO2)cc1. The van der Waals surface area contributed by atoms with Crippen molar-refractivity contribution in [2.24, 2.45) is 0 Å². The third-order valence-electron chi connectivity index (χ3n) is 15.2. The molecule has 4 fully saturated rings. The summed E-state index contributed by atoms with van der Waals surface area (Å²) in [6.45, 7) is 14.6. The van der Waals surface area contributed by atoms with Crippen LogP contribution in [0.4, 0.5) is 0 Å². The minimum atomic E-state index is -0.381. The van der Waals surface area contributed by atoms with Gasteiger partial charge in [-0.05, 0) is 94.5 Å². The van der Waals surface area contributed by atoms with Crippen molar-refractivity contribution in [3.8, 4) is 78.3 Å². The van der Waals surface area contributed by atoms with E-state index in [-0.39, 0.29) is 25.2 Å². The fourth-order valence-corrected chi connectivity index (χ4v) is 11.2. The smallest absolute Gasteiger partial charge is 0.184 e. The molecule has 0 spiro atoms. The number of rotatable bonds is 22. The van der Waals surface area contributed by atoms with Crippen LogP contribution in [0.2, 0.25) is 0 Å². The Morgan fingerprint density at radius 3 is 0.821 bits per heavy atom. The molecule has 4 heterocycles. The van der Waals surface area contributed by atoms with Crippen LogP contribution in [0.15, 0.2) is 133 Å². The number of unbranched alkanes of at least 4 members (excludes halogenated alkanes) is 6. The first-order chi connectivity index (χ1) is 38.4. The minimum absolute atomic E-state index is 0.381.